The second-order valence-corrected chi connectivity index (χ2v) is 12.8. The van der Waals surface area contributed by atoms with Crippen LogP contribution >= 0.6 is 0 Å². The van der Waals surface area contributed by atoms with Gasteiger partial charge in [0.1, 0.15) is 17.0 Å². The molecular weight excluding hydrogens is 464 g/mol. The maximum atomic E-state index is 13.4. The van der Waals surface area contributed by atoms with Crippen LogP contribution in [-0.2, 0) is 11.2 Å². The van der Waals surface area contributed by atoms with Crippen LogP contribution in [0.15, 0.2) is 18.5 Å². The molecule has 8 nitrogen and oxygen atoms in total. The number of imidazole rings is 1. The molecule has 3 aromatic heterocycles. The number of aromatic amines is 1. The molecule has 5 fully saturated rings. The van der Waals surface area contributed by atoms with Gasteiger partial charge in [-0.05, 0) is 93.4 Å². The topological polar surface area (TPSA) is 120 Å². The summed E-state index contributed by atoms with van der Waals surface area (Å²) in [6.45, 7) is 0.657. The Morgan fingerprint density at radius 2 is 2.00 bits per heavy atom. The van der Waals surface area contributed by atoms with Gasteiger partial charge in [0.2, 0.25) is 5.91 Å². The van der Waals surface area contributed by atoms with Gasteiger partial charge in [0.25, 0.3) is 0 Å². The average Bonchev–Trinajstić information content (AvgIpc) is 3.46. The number of pyridine rings is 1. The van der Waals surface area contributed by atoms with Crippen molar-refractivity contribution >= 4 is 28.0 Å². The first kappa shape index (κ1) is 23.2. The Morgan fingerprint density at radius 3 is 2.73 bits per heavy atom. The Labute approximate surface area is 216 Å². The molecule has 0 aliphatic heterocycles. The number of aromatic nitrogens is 4. The average molecular weight is 501 g/mol. The van der Waals surface area contributed by atoms with Gasteiger partial charge in [-0.2, -0.15) is 5.26 Å². The molecule has 3 heterocycles. The smallest absolute Gasteiger partial charge is 0.227 e. The summed E-state index contributed by atoms with van der Waals surface area (Å²) >= 11 is 0. The Balaban J connectivity index is 1.14. The predicted octanol–water partition coefficient (Wildman–Crippen LogP) is 4.55. The molecule has 5 saturated carbocycles. The van der Waals surface area contributed by atoms with Crippen molar-refractivity contribution in [3.05, 3.63) is 24.3 Å². The lowest BCUT2D eigenvalue weighted by Gasteiger charge is -2.60. The lowest BCUT2D eigenvalue weighted by Crippen LogP contribution is -2.58. The Kier molecular flexibility index (Phi) is 5.37. The second-order valence-electron chi connectivity index (χ2n) is 12.8. The van der Waals surface area contributed by atoms with E-state index in [1.165, 1.54) is 6.42 Å². The molecule has 5 aliphatic carbocycles. The molecule has 194 valence electrons. The van der Waals surface area contributed by atoms with E-state index >= 15 is 0 Å². The van der Waals surface area contributed by atoms with Crippen molar-refractivity contribution in [1.82, 2.24) is 24.8 Å². The van der Waals surface area contributed by atoms with Gasteiger partial charge in [0, 0.05) is 30.6 Å². The van der Waals surface area contributed by atoms with E-state index in [1.54, 1.807) is 0 Å². The number of nitrogens with one attached hydrogen (secondary N) is 2. The van der Waals surface area contributed by atoms with E-state index in [-0.39, 0.29) is 23.8 Å². The first-order valence-electron chi connectivity index (χ1n) is 14.1. The highest BCUT2D eigenvalue weighted by molar-refractivity contribution is 6.01. The largest absolute Gasteiger partial charge is 0.390 e. The van der Waals surface area contributed by atoms with Gasteiger partial charge in [-0.1, -0.05) is 0 Å². The summed E-state index contributed by atoms with van der Waals surface area (Å²) in [5.41, 5.74) is 2.26. The molecule has 0 saturated heterocycles. The second kappa shape index (κ2) is 8.56. The number of amides is 1. The van der Waals surface area contributed by atoms with E-state index in [2.05, 4.69) is 25.9 Å². The van der Waals surface area contributed by atoms with Crippen molar-refractivity contribution in [1.29, 1.82) is 5.26 Å². The molecule has 2 atom stereocenters. The van der Waals surface area contributed by atoms with Crippen molar-refractivity contribution in [2.24, 2.45) is 23.2 Å². The summed E-state index contributed by atoms with van der Waals surface area (Å²) in [5.74, 6) is 2.50. The van der Waals surface area contributed by atoms with Gasteiger partial charge in [0.05, 0.1) is 29.8 Å². The number of carbonyl (C=O) groups excluding carboxylic acids is 1. The van der Waals surface area contributed by atoms with Crippen LogP contribution in [0.2, 0.25) is 0 Å². The normalized spacial score (nSPS) is 34.7. The van der Waals surface area contributed by atoms with Crippen LogP contribution in [0.4, 0.5) is 0 Å². The summed E-state index contributed by atoms with van der Waals surface area (Å²) in [6, 6.07) is 4.65. The molecule has 5 aliphatic rings. The van der Waals surface area contributed by atoms with Crippen LogP contribution in [-0.4, -0.2) is 42.7 Å². The van der Waals surface area contributed by atoms with E-state index in [9.17, 15) is 9.90 Å². The van der Waals surface area contributed by atoms with Gasteiger partial charge in [0.15, 0.2) is 0 Å². The Morgan fingerprint density at radius 1 is 1.22 bits per heavy atom. The van der Waals surface area contributed by atoms with E-state index in [0.717, 1.165) is 85.7 Å². The minimum atomic E-state index is -0.512. The first-order chi connectivity index (χ1) is 17.9. The van der Waals surface area contributed by atoms with E-state index < -0.39 is 5.60 Å². The summed E-state index contributed by atoms with van der Waals surface area (Å²) in [7, 11) is 0. The maximum Gasteiger partial charge on any atom is 0.227 e. The lowest BCUT2D eigenvalue weighted by atomic mass is 9.48. The van der Waals surface area contributed by atoms with Crippen molar-refractivity contribution in [3.63, 3.8) is 0 Å². The fourth-order valence-electron chi connectivity index (χ4n) is 9.00. The SMILES string of the molecule is N#CC[C@H]1CC[C@H](n2c(CC(=O)NCC34CC5CC(CC(O)(C5)C3)C4)nc3cnc4[nH]ccc4c32)CC1. The highest BCUT2D eigenvalue weighted by Crippen LogP contribution is 2.61. The minimum Gasteiger partial charge on any atom is -0.390 e. The zero-order valence-corrected chi connectivity index (χ0v) is 21.4. The third-order valence-electron chi connectivity index (χ3n) is 10.00. The quantitative estimate of drug-likeness (QED) is 0.459. The number of nitriles is 1. The van der Waals surface area contributed by atoms with Crippen LogP contribution in [0.1, 0.15) is 82.5 Å². The fraction of sp³-hybridized carbons (Fsp3) is 0.655. The zero-order valence-electron chi connectivity index (χ0n) is 21.4. The number of aliphatic hydroxyl groups is 1. The molecule has 3 N–H and O–H groups in total. The zero-order chi connectivity index (χ0) is 25.2. The third-order valence-corrected chi connectivity index (χ3v) is 10.00. The molecule has 2 unspecified atom stereocenters. The van der Waals surface area contributed by atoms with Gasteiger partial charge < -0.3 is 20.0 Å². The molecule has 3 aromatic rings. The maximum absolute atomic E-state index is 13.4. The van der Waals surface area contributed by atoms with Crippen LogP contribution < -0.4 is 5.32 Å². The predicted molar refractivity (Wildman–Crippen MR) is 139 cm³/mol. The molecule has 0 radical (unpaired) electrons. The number of fused-ring (bicyclic) bond motifs is 3. The van der Waals surface area contributed by atoms with Crippen molar-refractivity contribution < 1.29 is 9.90 Å². The molecule has 8 rings (SSSR count). The number of rotatable bonds is 6. The number of carbonyl (C=O) groups is 1. The molecular formula is C29H36N6O2. The van der Waals surface area contributed by atoms with E-state index in [4.69, 9.17) is 10.2 Å². The van der Waals surface area contributed by atoms with Gasteiger partial charge >= 0.3 is 0 Å². The highest BCUT2D eigenvalue weighted by Gasteiger charge is 2.57. The fourth-order valence-corrected chi connectivity index (χ4v) is 9.00. The van der Waals surface area contributed by atoms with E-state index in [0.29, 0.717) is 30.7 Å². The minimum absolute atomic E-state index is 0.00993. The molecule has 8 heteroatoms. The molecule has 4 bridgehead atoms. The van der Waals surface area contributed by atoms with Crippen LogP contribution in [0.3, 0.4) is 0 Å². The van der Waals surface area contributed by atoms with Crippen LogP contribution in [0, 0.1) is 34.5 Å². The number of hydrogen-bond donors (Lipinski definition) is 3. The number of H-pyrrole nitrogens is 1. The van der Waals surface area contributed by atoms with Gasteiger partial charge in [-0.25, -0.2) is 9.97 Å². The number of nitrogens with zero attached hydrogens (tertiary/aromatic N) is 4. The van der Waals surface area contributed by atoms with Crippen molar-refractivity contribution in [2.45, 2.75) is 88.7 Å². The number of hydrogen-bond acceptors (Lipinski definition) is 5. The van der Waals surface area contributed by atoms with Crippen molar-refractivity contribution in [3.8, 4) is 6.07 Å². The van der Waals surface area contributed by atoms with Crippen LogP contribution in [0.25, 0.3) is 22.1 Å². The van der Waals surface area contributed by atoms with E-state index in [1.807, 2.05) is 18.5 Å². The summed E-state index contributed by atoms with van der Waals surface area (Å²) in [4.78, 5) is 26.1. The monoisotopic (exact) mass is 500 g/mol. The van der Waals surface area contributed by atoms with Crippen LogP contribution in [0.5, 0.6) is 0 Å². The molecule has 1 amide bonds. The standard InChI is InChI=1S/C29H36N6O2/c30-7-5-18-1-3-21(4-2-18)35-24(34-23-15-32-27-22(26(23)35)6-8-31-27)10-25(36)33-17-28-11-19-9-20(12-28)14-29(37,13-19)16-28/h6,8,15,18-21,37H,1-5,9-14,16-17H2,(H,31,32)(H,33,36)/t18-,19?,20?,21-,28?,29?. The molecule has 0 aromatic carbocycles. The van der Waals surface area contributed by atoms with Gasteiger partial charge in [-0.15, -0.1) is 0 Å². The molecule has 37 heavy (non-hydrogen) atoms. The Hall–Kier alpha value is -2.92. The summed E-state index contributed by atoms with van der Waals surface area (Å²) in [5, 5.41) is 24.6. The summed E-state index contributed by atoms with van der Waals surface area (Å²) < 4.78 is 2.31. The summed E-state index contributed by atoms with van der Waals surface area (Å²) in [6.07, 6.45) is 14.9. The third kappa shape index (κ3) is 4.03. The first-order valence-corrected chi connectivity index (χ1v) is 14.1. The molecule has 0 spiro atoms. The lowest BCUT2D eigenvalue weighted by molar-refractivity contribution is -0.163. The highest BCUT2D eigenvalue weighted by atomic mass is 16.3. The van der Waals surface area contributed by atoms with Crippen molar-refractivity contribution in [2.75, 3.05) is 6.54 Å². The van der Waals surface area contributed by atoms with Gasteiger partial charge in [-0.3, -0.25) is 4.79 Å². The Bertz CT molecular complexity index is 1380.